The lowest BCUT2D eigenvalue weighted by Gasteiger charge is -1.96. The number of furan rings is 1. The Balaban J connectivity index is 2.95. The van der Waals surface area contributed by atoms with Crippen molar-refractivity contribution in [2.45, 2.75) is 12.0 Å². The standard InChI is InChI=1S/C7H9NO6S/c1-2-13-7(9)5-3-6(14-4-5)15(11,12)8-10/h3-4,8,10H,2H2,1H3. The van der Waals surface area contributed by atoms with Gasteiger partial charge < -0.3 is 14.4 Å². The van der Waals surface area contributed by atoms with E-state index < -0.39 is 21.1 Å². The number of ether oxygens (including phenoxy) is 1. The van der Waals surface area contributed by atoms with Crippen LogP contribution in [0.2, 0.25) is 0 Å². The summed E-state index contributed by atoms with van der Waals surface area (Å²) in [6.07, 6.45) is 0.933. The Kier molecular flexibility index (Phi) is 3.45. The highest BCUT2D eigenvalue weighted by Gasteiger charge is 2.20. The number of hydrogen-bond donors (Lipinski definition) is 2. The van der Waals surface area contributed by atoms with E-state index in [4.69, 9.17) is 5.21 Å². The Labute approximate surface area is 85.7 Å². The molecular weight excluding hydrogens is 226 g/mol. The Hall–Kier alpha value is -1.38. The molecule has 0 saturated carbocycles. The van der Waals surface area contributed by atoms with Gasteiger partial charge in [0.2, 0.25) is 5.09 Å². The maximum absolute atomic E-state index is 11.1. The van der Waals surface area contributed by atoms with Gasteiger partial charge in [-0.05, 0) is 6.92 Å². The molecule has 0 radical (unpaired) electrons. The average Bonchev–Trinajstić information content (AvgIpc) is 2.67. The number of rotatable bonds is 4. The van der Waals surface area contributed by atoms with Crippen molar-refractivity contribution in [2.75, 3.05) is 6.61 Å². The highest BCUT2D eigenvalue weighted by Crippen LogP contribution is 2.14. The Morgan fingerprint density at radius 2 is 2.33 bits per heavy atom. The zero-order valence-corrected chi connectivity index (χ0v) is 8.58. The van der Waals surface area contributed by atoms with E-state index >= 15 is 0 Å². The molecule has 15 heavy (non-hydrogen) atoms. The molecule has 1 heterocycles. The molecule has 0 aromatic carbocycles. The SMILES string of the molecule is CCOC(=O)c1coc(S(=O)(=O)NO)c1. The van der Waals surface area contributed by atoms with Gasteiger partial charge in [0.1, 0.15) is 6.26 Å². The molecule has 1 aromatic heterocycles. The highest BCUT2D eigenvalue weighted by atomic mass is 32.2. The van der Waals surface area contributed by atoms with E-state index in [2.05, 4.69) is 9.15 Å². The van der Waals surface area contributed by atoms with Crippen LogP contribution in [-0.2, 0) is 14.8 Å². The predicted molar refractivity (Wildman–Crippen MR) is 46.8 cm³/mol. The summed E-state index contributed by atoms with van der Waals surface area (Å²) in [7, 11) is -4.09. The molecule has 0 aliphatic rings. The van der Waals surface area contributed by atoms with Crippen molar-refractivity contribution in [3.63, 3.8) is 0 Å². The molecule has 0 fully saturated rings. The average molecular weight is 235 g/mol. The third-order valence-electron chi connectivity index (χ3n) is 1.47. The largest absolute Gasteiger partial charge is 0.462 e. The van der Waals surface area contributed by atoms with Crippen LogP contribution in [0.4, 0.5) is 0 Å². The second-order valence-corrected chi connectivity index (χ2v) is 4.06. The van der Waals surface area contributed by atoms with Gasteiger partial charge in [0.25, 0.3) is 10.0 Å². The summed E-state index contributed by atoms with van der Waals surface area (Å²) < 4.78 is 31.2. The van der Waals surface area contributed by atoms with Crippen LogP contribution < -0.4 is 4.89 Å². The molecule has 2 N–H and O–H groups in total. The molecule has 1 aromatic rings. The summed E-state index contributed by atoms with van der Waals surface area (Å²) in [5, 5.41) is 7.72. The quantitative estimate of drug-likeness (QED) is 0.567. The lowest BCUT2D eigenvalue weighted by Crippen LogP contribution is -2.18. The molecule has 84 valence electrons. The summed E-state index contributed by atoms with van der Waals surface area (Å²) in [6, 6.07) is 0.955. The van der Waals surface area contributed by atoms with E-state index in [9.17, 15) is 13.2 Å². The van der Waals surface area contributed by atoms with Crippen molar-refractivity contribution in [2.24, 2.45) is 0 Å². The number of nitrogens with one attached hydrogen (secondary N) is 1. The van der Waals surface area contributed by atoms with Crippen LogP contribution >= 0.6 is 0 Å². The molecule has 8 heteroatoms. The smallest absolute Gasteiger partial charge is 0.341 e. The second-order valence-electron chi connectivity index (χ2n) is 2.47. The maximum Gasteiger partial charge on any atom is 0.341 e. The fourth-order valence-corrected chi connectivity index (χ4v) is 1.37. The van der Waals surface area contributed by atoms with Gasteiger partial charge in [0.05, 0.1) is 12.2 Å². The van der Waals surface area contributed by atoms with Crippen LogP contribution in [0.25, 0.3) is 0 Å². The first-order valence-corrected chi connectivity index (χ1v) is 5.41. The minimum absolute atomic E-state index is 0.0364. The molecule has 0 atom stereocenters. The van der Waals surface area contributed by atoms with Crippen molar-refractivity contribution in [3.05, 3.63) is 17.9 Å². The van der Waals surface area contributed by atoms with Gasteiger partial charge in [0, 0.05) is 6.07 Å². The van der Waals surface area contributed by atoms with E-state index in [1.54, 1.807) is 6.92 Å². The third-order valence-corrected chi connectivity index (χ3v) is 2.46. The van der Waals surface area contributed by atoms with Crippen LogP contribution in [0.5, 0.6) is 0 Å². The van der Waals surface area contributed by atoms with Crippen LogP contribution in [0.3, 0.4) is 0 Å². The first kappa shape index (κ1) is 11.7. The summed E-state index contributed by atoms with van der Waals surface area (Å²) in [5.41, 5.74) is -0.0364. The van der Waals surface area contributed by atoms with Gasteiger partial charge in [-0.15, -0.1) is 0 Å². The number of hydrogen-bond acceptors (Lipinski definition) is 6. The minimum atomic E-state index is -4.09. The topological polar surface area (TPSA) is 106 Å². The molecule has 0 bridgehead atoms. The van der Waals surface area contributed by atoms with E-state index in [0.717, 1.165) is 17.2 Å². The number of esters is 1. The van der Waals surface area contributed by atoms with Gasteiger partial charge in [-0.25, -0.2) is 13.2 Å². The fourth-order valence-electron chi connectivity index (χ4n) is 0.824. The molecule has 0 unspecified atom stereocenters. The zero-order valence-electron chi connectivity index (χ0n) is 7.76. The number of carbonyl (C=O) groups excluding carboxylic acids is 1. The van der Waals surface area contributed by atoms with Gasteiger partial charge in [-0.1, -0.05) is 4.89 Å². The molecule has 1 rings (SSSR count). The van der Waals surface area contributed by atoms with E-state index in [0.29, 0.717) is 0 Å². The van der Waals surface area contributed by atoms with Crippen molar-refractivity contribution in [1.29, 1.82) is 0 Å². The van der Waals surface area contributed by atoms with Crippen molar-refractivity contribution < 1.29 is 27.6 Å². The lowest BCUT2D eigenvalue weighted by molar-refractivity contribution is 0.0525. The molecular formula is C7H9NO6S. The Bertz CT molecular complexity index is 448. The van der Waals surface area contributed by atoms with Gasteiger partial charge >= 0.3 is 5.97 Å². The van der Waals surface area contributed by atoms with Crippen molar-refractivity contribution in [1.82, 2.24) is 4.89 Å². The predicted octanol–water partition coefficient (Wildman–Crippen LogP) is 0.124. The second kappa shape index (κ2) is 4.43. The molecule has 7 nitrogen and oxygen atoms in total. The normalized spacial score (nSPS) is 11.3. The minimum Gasteiger partial charge on any atom is -0.462 e. The van der Waals surface area contributed by atoms with Crippen LogP contribution in [0.1, 0.15) is 17.3 Å². The fraction of sp³-hybridized carbons (Fsp3) is 0.286. The monoisotopic (exact) mass is 235 g/mol. The maximum atomic E-state index is 11.1. The number of carbonyl (C=O) groups is 1. The third kappa shape index (κ3) is 2.55. The van der Waals surface area contributed by atoms with Crippen LogP contribution in [0.15, 0.2) is 21.8 Å². The van der Waals surface area contributed by atoms with E-state index in [1.807, 2.05) is 0 Å². The summed E-state index contributed by atoms with van der Waals surface area (Å²) >= 11 is 0. The van der Waals surface area contributed by atoms with Gasteiger partial charge in [0.15, 0.2) is 0 Å². The summed E-state index contributed by atoms with van der Waals surface area (Å²) in [4.78, 5) is 12.2. The molecule has 0 saturated heterocycles. The summed E-state index contributed by atoms with van der Waals surface area (Å²) in [5.74, 6) is -0.694. The van der Waals surface area contributed by atoms with Crippen LogP contribution in [0, 0.1) is 0 Å². The molecule has 0 spiro atoms. The Morgan fingerprint density at radius 3 is 2.87 bits per heavy atom. The van der Waals surface area contributed by atoms with Gasteiger partial charge in [-0.3, -0.25) is 0 Å². The van der Waals surface area contributed by atoms with E-state index in [-0.39, 0.29) is 12.2 Å². The van der Waals surface area contributed by atoms with Crippen molar-refractivity contribution in [3.8, 4) is 0 Å². The first-order valence-electron chi connectivity index (χ1n) is 3.93. The molecule has 0 aliphatic heterocycles. The highest BCUT2D eigenvalue weighted by molar-refractivity contribution is 7.89. The first-order chi connectivity index (χ1) is 7.01. The zero-order chi connectivity index (χ0) is 11.5. The van der Waals surface area contributed by atoms with E-state index in [1.165, 1.54) is 0 Å². The molecule has 0 amide bonds. The van der Waals surface area contributed by atoms with Gasteiger partial charge in [-0.2, -0.15) is 0 Å². The van der Waals surface area contributed by atoms with Crippen LogP contribution in [-0.4, -0.2) is 26.2 Å². The summed E-state index contributed by atoms with van der Waals surface area (Å²) in [6.45, 7) is 1.79. The number of sulfonamides is 1. The van der Waals surface area contributed by atoms with Crippen molar-refractivity contribution >= 4 is 16.0 Å². The Morgan fingerprint density at radius 1 is 1.67 bits per heavy atom. The lowest BCUT2D eigenvalue weighted by atomic mass is 10.3. The molecule has 0 aliphatic carbocycles.